The number of hydrogen-bond acceptors (Lipinski definition) is 2. The summed E-state index contributed by atoms with van der Waals surface area (Å²) in [5, 5.41) is 21.6. The molecule has 1 aliphatic rings. The number of aromatic hydroxyl groups is 2. The average Bonchev–Trinajstić information content (AvgIpc) is 3.03. The molecular weight excluding hydrogens is 428 g/mol. The molecule has 4 aromatic carbocycles. The predicted molar refractivity (Wildman–Crippen MR) is 145 cm³/mol. The van der Waals surface area contributed by atoms with Crippen molar-refractivity contribution in [3.63, 3.8) is 0 Å². The fraction of sp³-hybridized carbons (Fsp3) is 0.273. The van der Waals surface area contributed by atoms with Crippen LogP contribution in [0.25, 0.3) is 22.3 Å². The Balaban J connectivity index is 1.69. The molecule has 5 rings (SSSR count). The van der Waals surface area contributed by atoms with Crippen molar-refractivity contribution in [3.05, 3.63) is 108 Å². The third-order valence-corrected chi connectivity index (χ3v) is 7.72. The Labute approximate surface area is 208 Å². The second kappa shape index (κ2) is 10.4. The Morgan fingerprint density at radius 1 is 0.457 bits per heavy atom. The van der Waals surface area contributed by atoms with E-state index in [0.29, 0.717) is 11.5 Å². The maximum Gasteiger partial charge on any atom is 0.123 e. The minimum Gasteiger partial charge on any atom is -0.507 e. The first kappa shape index (κ1) is 23.2. The molecular formula is C33H34O2. The highest BCUT2D eigenvalue weighted by atomic mass is 16.3. The number of hydrogen-bond donors (Lipinski definition) is 2. The molecule has 0 amide bonds. The monoisotopic (exact) mass is 462 g/mol. The van der Waals surface area contributed by atoms with Gasteiger partial charge in [-0.1, -0.05) is 111 Å². The van der Waals surface area contributed by atoms with Crippen molar-refractivity contribution < 1.29 is 10.2 Å². The van der Waals surface area contributed by atoms with Crippen LogP contribution in [0.2, 0.25) is 0 Å². The third kappa shape index (κ3) is 4.84. The fourth-order valence-electron chi connectivity index (χ4n) is 5.79. The van der Waals surface area contributed by atoms with E-state index >= 15 is 0 Å². The van der Waals surface area contributed by atoms with Gasteiger partial charge >= 0.3 is 0 Å². The van der Waals surface area contributed by atoms with Crippen LogP contribution in [0.4, 0.5) is 0 Å². The molecule has 0 radical (unpaired) electrons. The first-order valence-corrected chi connectivity index (χ1v) is 13.0. The van der Waals surface area contributed by atoms with Gasteiger partial charge in [-0.3, -0.25) is 0 Å². The summed E-state index contributed by atoms with van der Waals surface area (Å²) in [6.45, 7) is 0. The maximum atomic E-state index is 10.8. The predicted octanol–water partition coefficient (Wildman–Crippen LogP) is 8.85. The van der Waals surface area contributed by atoms with Gasteiger partial charge in [0, 0.05) is 16.5 Å². The van der Waals surface area contributed by atoms with E-state index in [0.717, 1.165) is 35.1 Å². The van der Waals surface area contributed by atoms with E-state index in [2.05, 4.69) is 48.5 Å². The third-order valence-electron chi connectivity index (χ3n) is 7.72. The normalized spacial score (nSPS) is 16.1. The quantitative estimate of drug-likeness (QED) is 0.318. The second-order valence-electron chi connectivity index (χ2n) is 9.90. The SMILES string of the molecule is Oc1ccc(C2(c3ccc(O)c(-c4ccccc4)c3)CCCCCCCC2)cc1-c1ccccc1. The lowest BCUT2D eigenvalue weighted by Crippen LogP contribution is -2.28. The van der Waals surface area contributed by atoms with Crippen molar-refractivity contribution >= 4 is 0 Å². The smallest absolute Gasteiger partial charge is 0.123 e. The van der Waals surface area contributed by atoms with Gasteiger partial charge in [-0.05, 0) is 59.4 Å². The van der Waals surface area contributed by atoms with E-state index in [1.165, 1.54) is 49.7 Å². The molecule has 0 heterocycles. The maximum absolute atomic E-state index is 10.8. The van der Waals surface area contributed by atoms with Crippen molar-refractivity contribution in [2.75, 3.05) is 0 Å². The van der Waals surface area contributed by atoms with Crippen LogP contribution < -0.4 is 0 Å². The molecule has 0 aromatic heterocycles. The second-order valence-corrected chi connectivity index (χ2v) is 9.90. The topological polar surface area (TPSA) is 40.5 Å². The Kier molecular flexibility index (Phi) is 6.90. The standard InChI is InChI=1S/C33H34O2/c34-31-19-17-27(23-29(31)25-13-7-5-8-14-25)33(21-11-3-1-2-4-12-22-33)28-18-20-32(35)30(24-28)26-15-9-6-10-16-26/h5-10,13-20,23-24,34-35H,1-4,11-12,21-22H2. The summed E-state index contributed by atoms with van der Waals surface area (Å²) in [7, 11) is 0. The van der Waals surface area contributed by atoms with Crippen LogP contribution in [0.15, 0.2) is 97.1 Å². The van der Waals surface area contributed by atoms with Crippen LogP contribution in [0.1, 0.15) is 62.5 Å². The van der Waals surface area contributed by atoms with Crippen LogP contribution >= 0.6 is 0 Å². The summed E-state index contributed by atoms with van der Waals surface area (Å²) in [6, 6.07) is 32.7. The zero-order valence-corrected chi connectivity index (χ0v) is 20.3. The largest absolute Gasteiger partial charge is 0.507 e. The van der Waals surface area contributed by atoms with Crippen molar-refractivity contribution in [2.24, 2.45) is 0 Å². The Morgan fingerprint density at radius 3 is 1.29 bits per heavy atom. The van der Waals surface area contributed by atoms with Gasteiger partial charge in [0.05, 0.1) is 0 Å². The van der Waals surface area contributed by atoms with Crippen LogP contribution in [0.3, 0.4) is 0 Å². The van der Waals surface area contributed by atoms with Gasteiger partial charge in [0.1, 0.15) is 11.5 Å². The molecule has 2 nitrogen and oxygen atoms in total. The van der Waals surface area contributed by atoms with Crippen molar-refractivity contribution in [1.29, 1.82) is 0 Å². The highest BCUT2D eigenvalue weighted by molar-refractivity contribution is 5.73. The van der Waals surface area contributed by atoms with Gasteiger partial charge in [-0.15, -0.1) is 0 Å². The van der Waals surface area contributed by atoms with Crippen LogP contribution in [0, 0.1) is 0 Å². The zero-order chi connectivity index (χ0) is 24.1. The van der Waals surface area contributed by atoms with E-state index < -0.39 is 0 Å². The lowest BCUT2D eigenvalue weighted by molar-refractivity contribution is 0.411. The van der Waals surface area contributed by atoms with Gasteiger partial charge in [-0.2, -0.15) is 0 Å². The van der Waals surface area contributed by atoms with Crippen molar-refractivity contribution in [3.8, 4) is 33.8 Å². The molecule has 1 aliphatic carbocycles. The number of phenolic OH excluding ortho intramolecular Hbond substituents is 2. The molecule has 2 N–H and O–H groups in total. The lowest BCUT2D eigenvalue weighted by atomic mass is 9.67. The molecule has 178 valence electrons. The number of rotatable bonds is 4. The van der Waals surface area contributed by atoms with Crippen molar-refractivity contribution in [1.82, 2.24) is 0 Å². The summed E-state index contributed by atoms with van der Waals surface area (Å²) in [5.41, 5.74) is 6.15. The first-order valence-electron chi connectivity index (χ1n) is 13.0. The summed E-state index contributed by atoms with van der Waals surface area (Å²) < 4.78 is 0. The van der Waals surface area contributed by atoms with Gasteiger partial charge in [0.2, 0.25) is 0 Å². The van der Waals surface area contributed by atoms with Crippen LogP contribution in [-0.4, -0.2) is 10.2 Å². The van der Waals surface area contributed by atoms with E-state index in [9.17, 15) is 10.2 Å². The molecule has 0 atom stereocenters. The highest BCUT2D eigenvalue weighted by Gasteiger charge is 2.35. The summed E-state index contributed by atoms with van der Waals surface area (Å²) >= 11 is 0. The molecule has 4 aromatic rings. The van der Waals surface area contributed by atoms with E-state index in [-0.39, 0.29) is 5.41 Å². The molecule has 0 aliphatic heterocycles. The molecule has 0 spiro atoms. The van der Waals surface area contributed by atoms with Crippen molar-refractivity contribution in [2.45, 2.75) is 56.8 Å². The Morgan fingerprint density at radius 2 is 0.857 bits per heavy atom. The van der Waals surface area contributed by atoms with Crippen LogP contribution in [0.5, 0.6) is 11.5 Å². The molecule has 0 bridgehead atoms. The molecule has 2 heteroatoms. The Hall–Kier alpha value is -3.52. The fourth-order valence-corrected chi connectivity index (χ4v) is 5.79. The molecule has 1 saturated carbocycles. The van der Waals surface area contributed by atoms with Gasteiger partial charge < -0.3 is 10.2 Å². The summed E-state index contributed by atoms with van der Waals surface area (Å²) in [6.07, 6.45) is 9.55. The molecule has 0 saturated heterocycles. The zero-order valence-electron chi connectivity index (χ0n) is 20.3. The minimum atomic E-state index is -0.168. The van der Waals surface area contributed by atoms with Gasteiger partial charge in [-0.25, -0.2) is 0 Å². The van der Waals surface area contributed by atoms with Crippen LogP contribution in [-0.2, 0) is 5.41 Å². The highest BCUT2D eigenvalue weighted by Crippen LogP contribution is 2.47. The van der Waals surface area contributed by atoms with E-state index in [4.69, 9.17) is 0 Å². The first-order chi connectivity index (χ1) is 17.2. The minimum absolute atomic E-state index is 0.168. The number of benzene rings is 4. The van der Waals surface area contributed by atoms with E-state index in [1.807, 2.05) is 48.5 Å². The van der Waals surface area contributed by atoms with E-state index in [1.54, 1.807) is 0 Å². The number of phenols is 2. The molecule has 0 unspecified atom stereocenters. The Bertz CT molecular complexity index is 1160. The average molecular weight is 463 g/mol. The molecule has 1 fully saturated rings. The van der Waals surface area contributed by atoms with Gasteiger partial charge in [0.25, 0.3) is 0 Å². The lowest BCUT2D eigenvalue weighted by Gasteiger charge is -2.36. The van der Waals surface area contributed by atoms with Gasteiger partial charge in [0.15, 0.2) is 0 Å². The molecule has 35 heavy (non-hydrogen) atoms. The summed E-state index contributed by atoms with van der Waals surface area (Å²) in [5.74, 6) is 0.627. The summed E-state index contributed by atoms with van der Waals surface area (Å²) in [4.78, 5) is 0.